The Labute approximate surface area is 110 Å². The van der Waals surface area contributed by atoms with Crippen LogP contribution in [0.1, 0.15) is 18.9 Å². The number of nitrogens with zero attached hydrogens (tertiary/aromatic N) is 3. The van der Waals surface area contributed by atoms with Crippen LogP contribution in [0, 0.1) is 0 Å². The molecule has 1 aromatic rings. The lowest BCUT2D eigenvalue weighted by Gasteiger charge is -2.30. The van der Waals surface area contributed by atoms with Crippen molar-refractivity contribution < 1.29 is 0 Å². The predicted octanol–water partition coefficient (Wildman–Crippen LogP) is 1.11. The summed E-state index contributed by atoms with van der Waals surface area (Å²) >= 11 is 0. The molecule has 0 aromatic carbocycles. The fourth-order valence-corrected chi connectivity index (χ4v) is 2.73. The SMILES string of the molecule is CC1CN(C)CCCN1c1ncccc1CCN. The first-order valence-electron chi connectivity index (χ1n) is 6.81. The van der Waals surface area contributed by atoms with E-state index in [1.54, 1.807) is 0 Å². The Morgan fingerprint density at radius 3 is 3.06 bits per heavy atom. The van der Waals surface area contributed by atoms with Gasteiger partial charge in [-0.05, 0) is 51.5 Å². The Balaban J connectivity index is 2.23. The summed E-state index contributed by atoms with van der Waals surface area (Å²) < 4.78 is 0. The summed E-state index contributed by atoms with van der Waals surface area (Å²) in [5, 5.41) is 0. The van der Waals surface area contributed by atoms with Crippen LogP contribution in [-0.2, 0) is 6.42 Å². The second-order valence-corrected chi connectivity index (χ2v) is 5.18. The highest BCUT2D eigenvalue weighted by Crippen LogP contribution is 2.22. The summed E-state index contributed by atoms with van der Waals surface area (Å²) in [6.07, 6.45) is 3.98. The average molecular weight is 248 g/mol. The van der Waals surface area contributed by atoms with Gasteiger partial charge in [0.05, 0.1) is 0 Å². The molecular formula is C14H24N4. The quantitative estimate of drug-likeness (QED) is 0.870. The van der Waals surface area contributed by atoms with E-state index < -0.39 is 0 Å². The number of aromatic nitrogens is 1. The summed E-state index contributed by atoms with van der Waals surface area (Å²) in [6.45, 7) is 6.31. The van der Waals surface area contributed by atoms with Crippen molar-refractivity contribution >= 4 is 5.82 Å². The van der Waals surface area contributed by atoms with Gasteiger partial charge in [0.2, 0.25) is 0 Å². The molecule has 0 bridgehead atoms. The fourth-order valence-electron chi connectivity index (χ4n) is 2.73. The van der Waals surface area contributed by atoms with Crippen molar-refractivity contribution in [1.29, 1.82) is 0 Å². The third-order valence-electron chi connectivity index (χ3n) is 3.60. The lowest BCUT2D eigenvalue weighted by Crippen LogP contribution is -2.39. The Morgan fingerprint density at radius 2 is 2.28 bits per heavy atom. The van der Waals surface area contributed by atoms with Crippen LogP contribution in [0.4, 0.5) is 5.82 Å². The molecule has 100 valence electrons. The van der Waals surface area contributed by atoms with Crippen LogP contribution in [0.2, 0.25) is 0 Å². The normalized spacial score (nSPS) is 21.9. The van der Waals surface area contributed by atoms with Crippen LogP contribution in [0.15, 0.2) is 18.3 Å². The van der Waals surface area contributed by atoms with Gasteiger partial charge in [-0.25, -0.2) is 4.98 Å². The van der Waals surface area contributed by atoms with Crippen molar-refractivity contribution in [3.63, 3.8) is 0 Å². The van der Waals surface area contributed by atoms with Gasteiger partial charge < -0.3 is 15.5 Å². The number of rotatable bonds is 3. The van der Waals surface area contributed by atoms with Crippen LogP contribution >= 0.6 is 0 Å². The molecule has 1 atom stereocenters. The number of pyridine rings is 1. The number of likely N-dealkylation sites (N-methyl/N-ethyl adjacent to an activating group) is 1. The van der Waals surface area contributed by atoms with Crippen LogP contribution in [0.3, 0.4) is 0 Å². The molecule has 0 aliphatic carbocycles. The summed E-state index contributed by atoms with van der Waals surface area (Å²) in [5.41, 5.74) is 6.97. The van der Waals surface area contributed by atoms with E-state index in [1.807, 2.05) is 12.3 Å². The number of hydrogen-bond acceptors (Lipinski definition) is 4. The molecule has 4 heteroatoms. The maximum absolute atomic E-state index is 5.69. The highest BCUT2D eigenvalue weighted by molar-refractivity contribution is 5.48. The Morgan fingerprint density at radius 1 is 1.44 bits per heavy atom. The van der Waals surface area contributed by atoms with Crippen molar-refractivity contribution in [1.82, 2.24) is 9.88 Å². The van der Waals surface area contributed by atoms with Crippen molar-refractivity contribution in [2.24, 2.45) is 5.73 Å². The molecule has 2 rings (SSSR count). The van der Waals surface area contributed by atoms with E-state index in [-0.39, 0.29) is 0 Å². The monoisotopic (exact) mass is 248 g/mol. The Hall–Kier alpha value is -1.13. The number of nitrogens with two attached hydrogens (primary N) is 1. The highest BCUT2D eigenvalue weighted by Gasteiger charge is 2.22. The maximum atomic E-state index is 5.69. The lowest BCUT2D eigenvalue weighted by molar-refractivity contribution is 0.337. The van der Waals surface area contributed by atoms with E-state index in [9.17, 15) is 0 Å². The van der Waals surface area contributed by atoms with Crippen LogP contribution < -0.4 is 10.6 Å². The molecule has 1 aliphatic rings. The predicted molar refractivity (Wildman–Crippen MR) is 75.9 cm³/mol. The first-order valence-corrected chi connectivity index (χ1v) is 6.81. The average Bonchev–Trinajstić information content (AvgIpc) is 2.51. The second kappa shape index (κ2) is 6.16. The molecule has 18 heavy (non-hydrogen) atoms. The standard InChI is InChI=1S/C14H24N4/c1-12-11-17(2)9-4-10-18(12)14-13(6-7-15)5-3-8-16-14/h3,5,8,12H,4,6-7,9-11,15H2,1-2H3. The maximum Gasteiger partial charge on any atom is 0.132 e. The van der Waals surface area contributed by atoms with Gasteiger partial charge in [-0.3, -0.25) is 0 Å². The first kappa shape index (κ1) is 13.3. The lowest BCUT2D eigenvalue weighted by atomic mass is 10.1. The van der Waals surface area contributed by atoms with Gasteiger partial charge in [0.15, 0.2) is 0 Å². The van der Waals surface area contributed by atoms with E-state index in [1.165, 1.54) is 18.5 Å². The minimum Gasteiger partial charge on any atom is -0.352 e. The van der Waals surface area contributed by atoms with Crippen LogP contribution in [0.25, 0.3) is 0 Å². The molecule has 2 heterocycles. The molecule has 2 N–H and O–H groups in total. The minimum atomic E-state index is 0.504. The van der Waals surface area contributed by atoms with E-state index in [0.29, 0.717) is 12.6 Å². The summed E-state index contributed by atoms with van der Waals surface area (Å²) in [5.74, 6) is 1.13. The van der Waals surface area contributed by atoms with Crippen molar-refractivity contribution in [3.8, 4) is 0 Å². The molecular weight excluding hydrogens is 224 g/mol. The van der Waals surface area contributed by atoms with Gasteiger partial charge in [0.25, 0.3) is 0 Å². The number of anilines is 1. The molecule has 0 saturated carbocycles. The van der Waals surface area contributed by atoms with Gasteiger partial charge >= 0.3 is 0 Å². The first-order chi connectivity index (χ1) is 8.72. The molecule has 0 radical (unpaired) electrons. The number of hydrogen-bond donors (Lipinski definition) is 1. The molecule has 1 fully saturated rings. The van der Waals surface area contributed by atoms with Crippen LogP contribution in [-0.4, -0.2) is 49.2 Å². The third-order valence-corrected chi connectivity index (χ3v) is 3.60. The third kappa shape index (κ3) is 3.00. The van der Waals surface area contributed by atoms with Gasteiger partial charge in [-0.1, -0.05) is 6.07 Å². The van der Waals surface area contributed by atoms with E-state index in [4.69, 9.17) is 5.73 Å². The smallest absolute Gasteiger partial charge is 0.132 e. The molecule has 1 saturated heterocycles. The van der Waals surface area contributed by atoms with Gasteiger partial charge in [-0.2, -0.15) is 0 Å². The van der Waals surface area contributed by atoms with Gasteiger partial charge in [0.1, 0.15) is 5.82 Å². The molecule has 0 amide bonds. The Kier molecular flexibility index (Phi) is 4.55. The topological polar surface area (TPSA) is 45.4 Å². The van der Waals surface area contributed by atoms with Crippen LogP contribution in [0.5, 0.6) is 0 Å². The Bertz CT molecular complexity index is 380. The van der Waals surface area contributed by atoms with Crippen molar-refractivity contribution in [2.45, 2.75) is 25.8 Å². The molecule has 4 nitrogen and oxygen atoms in total. The summed E-state index contributed by atoms with van der Waals surface area (Å²) in [4.78, 5) is 9.43. The molecule has 0 spiro atoms. The summed E-state index contributed by atoms with van der Waals surface area (Å²) in [7, 11) is 2.19. The van der Waals surface area contributed by atoms with Gasteiger partial charge in [0, 0.05) is 25.3 Å². The second-order valence-electron chi connectivity index (χ2n) is 5.18. The molecule has 1 unspecified atom stereocenters. The van der Waals surface area contributed by atoms with E-state index in [2.05, 4.69) is 34.8 Å². The zero-order chi connectivity index (χ0) is 13.0. The van der Waals surface area contributed by atoms with Crippen molar-refractivity contribution in [2.75, 3.05) is 38.1 Å². The van der Waals surface area contributed by atoms with Gasteiger partial charge in [-0.15, -0.1) is 0 Å². The largest absolute Gasteiger partial charge is 0.352 e. The van der Waals surface area contributed by atoms with E-state index in [0.717, 1.165) is 25.3 Å². The fraction of sp³-hybridized carbons (Fsp3) is 0.643. The summed E-state index contributed by atoms with van der Waals surface area (Å²) in [6, 6.07) is 4.66. The van der Waals surface area contributed by atoms with E-state index >= 15 is 0 Å². The van der Waals surface area contributed by atoms with Crippen molar-refractivity contribution in [3.05, 3.63) is 23.9 Å². The zero-order valence-corrected chi connectivity index (χ0v) is 11.5. The minimum absolute atomic E-state index is 0.504. The zero-order valence-electron chi connectivity index (χ0n) is 11.5. The molecule has 1 aliphatic heterocycles. The highest BCUT2D eigenvalue weighted by atomic mass is 15.3. The molecule has 1 aromatic heterocycles.